The van der Waals surface area contributed by atoms with Gasteiger partial charge in [-0.1, -0.05) is 0 Å². The number of hydrogen-bond acceptors (Lipinski definition) is 4. The Kier molecular flexibility index (Phi) is 2.79. The summed E-state index contributed by atoms with van der Waals surface area (Å²) in [7, 11) is 0. The van der Waals surface area contributed by atoms with E-state index in [1.54, 1.807) is 4.88 Å². The summed E-state index contributed by atoms with van der Waals surface area (Å²) in [5, 5.41) is 3.63. The van der Waals surface area contributed by atoms with Gasteiger partial charge in [0.15, 0.2) is 0 Å². The molecular formula is C10H10S4. The molecule has 3 heterocycles. The van der Waals surface area contributed by atoms with Crippen molar-refractivity contribution in [3.05, 3.63) is 22.4 Å². The van der Waals surface area contributed by atoms with Crippen LogP contribution in [0, 0.1) is 0 Å². The largest absolute Gasteiger partial charge is 0.142 e. The standard InChI is InChI=1S/C10H10S4/c1-3-11-10(12-4-1)8-6-7-2-5-13-9(7)14-8/h2,5-6,10H,1,3-4H2. The van der Waals surface area contributed by atoms with Crippen molar-refractivity contribution in [2.45, 2.75) is 11.0 Å². The summed E-state index contributed by atoms with van der Waals surface area (Å²) in [6.07, 6.45) is 1.38. The van der Waals surface area contributed by atoms with Crippen molar-refractivity contribution >= 4 is 55.6 Å². The van der Waals surface area contributed by atoms with Gasteiger partial charge < -0.3 is 0 Å². The first-order chi connectivity index (χ1) is 6.93. The highest BCUT2D eigenvalue weighted by Crippen LogP contribution is 2.47. The maximum absolute atomic E-state index is 2.38. The summed E-state index contributed by atoms with van der Waals surface area (Å²) >= 11 is 8.09. The smallest absolute Gasteiger partial charge is 0.0868 e. The van der Waals surface area contributed by atoms with Crippen LogP contribution in [0.2, 0.25) is 0 Å². The van der Waals surface area contributed by atoms with E-state index in [2.05, 4.69) is 41.0 Å². The third kappa shape index (κ3) is 1.73. The lowest BCUT2D eigenvalue weighted by atomic mass is 10.4. The molecule has 2 aromatic rings. The van der Waals surface area contributed by atoms with E-state index in [1.807, 2.05) is 22.7 Å². The van der Waals surface area contributed by atoms with Gasteiger partial charge in [-0.05, 0) is 35.4 Å². The molecule has 74 valence electrons. The van der Waals surface area contributed by atoms with Crippen molar-refractivity contribution in [2.75, 3.05) is 11.5 Å². The molecule has 1 aliphatic rings. The SMILES string of the molecule is c1cc2cc(C3SCCCS3)sc2s1. The molecule has 1 fully saturated rings. The van der Waals surface area contributed by atoms with Gasteiger partial charge in [0.05, 0.1) is 8.60 Å². The highest BCUT2D eigenvalue weighted by molar-refractivity contribution is 8.17. The van der Waals surface area contributed by atoms with E-state index in [1.165, 1.54) is 27.3 Å². The fourth-order valence-corrected chi connectivity index (χ4v) is 6.90. The van der Waals surface area contributed by atoms with Crippen LogP contribution in [0.5, 0.6) is 0 Å². The fraction of sp³-hybridized carbons (Fsp3) is 0.400. The lowest BCUT2D eigenvalue weighted by molar-refractivity contribution is 1.10. The maximum atomic E-state index is 2.38. The molecular weight excluding hydrogens is 248 g/mol. The minimum Gasteiger partial charge on any atom is -0.142 e. The molecule has 0 spiro atoms. The highest BCUT2D eigenvalue weighted by atomic mass is 32.2. The van der Waals surface area contributed by atoms with Crippen LogP contribution in [0.4, 0.5) is 0 Å². The van der Waals surface area contributed by atoms with Crippen molar-refractivity contribution in [3.63, 3.8) is 0 Å². The van der Waals surface area contributed by atoms with Crippen LogP contribution < -0.4 is 0 Å². The Balaban J connectivity index is 1.92. The topological polar surface area (TPSA) is 0 Å². The van der Waals surface area contributed by atoms with Gasteiger partial charge in [0.2, 0.25) is 0 Å². The minimum absolute atomic E-state index is 0.716. The third-order valence-corrected chi connectivity index (χ3v) is 7.77. The second-order valence-electron chi connectivity index (χ2n) is 3.24. The molecule has 2 aromatic heterocycles. The molecule has 0 aromatic carbocycles. The van der Waals surface area contributed by atoms with Crippen molar-refractivity contribution in [3.8, 4) is 0 Å². The van der Waals surface area contributed by atoms with Crippen molar-refractivity contribution in [1.82, 2.24) is 0 Å². The zero-order valence-corrected chi connectivity index (χ0v) is 10.8. The predicted molar refractivity (Wildman–Crippen MR) is 72.0 cm³/mol. The van der Waals surface area contributed by atoms with Crippen molar-refractivity contribution in [2.24, 2.45) is 0 Å². The predicted octanol–water partition coefficient (Wildman–Crippen LogP) is 4.83. The zero-order valence-electron chi connectivity index (χ0n) is 7.56. The quantitative estimate of drug-likeness (QED) is 0.718. The Morgan fingerprint density at radius 1 is 1.21 bits per heavy atom. The van der Waals surface area contributed by atoms with E-state index in [-0.39, 0.29) is 0 Å². The maximum Gasteiger partial charge on any atom is 0.0868 e. The lowest BCUT2D eigenvalue weighted by Gasteiger charge is -2.19. The lowest BCUT2D eigenvalue weighted by Crippen LogP contribution is -1.97. The number of fused-ring (bicyclic) bond motifs is 1. The van der Waals surface area contributed by atoms with Crippen LogP contribution in [-0.4, -0.2) is 11.5 Å². The fourth-order valence-electron chi connectivity index (χ4n) is 1.55. The first kappa shape index (κ1) is 9.58. The molecule has 0 radical (unpaired) electrons. The second-order valence-corrected chi connectivity index (χ2v) is 8.22. The zero-order chi connectivity index (χ0) is 9.38. The summed E-state index contributed by atoms with van der Waals surface area (Å²) in [6.45, 7) is 0. The molecule has 0 unspecified atom stereocenters. The van der Waals surface area contributed by atoms with Gasteiger partial charge in [0.25, 0.3) is 0 Å². The van der Waals surface area contributed by atoms with Crippen LogP contribution in [0.1, 0.15) is 15.9 Å². The average molecular weight is 258 g/mol. The van der Waals surface area contributed by atoms with Crippen molar-refractivity contribution in [1.29, 1.82) is 0 Å². The molecule has 14 heavy (non-hydrogen) atoms. The van der Waals surface area contributed by atoms with Crippen molar-refractivity contribution < 1.29 is 0 Å². The molecule has 0 nitrogen and oxygen atoms in total. The first-order valence-electron chi connectivity index (χ1n) is 4.63. The van der Waals surface area contributed by atoms with Crippen LogP contribution in [0.3, 0.4) is 0 Å². The molecule has 0 bridgehead atoms. The summed E-state index contributed by atoms with van der Waals surface area (Å²) in [5.74, 6) is 2.67. The third-order valence-electron chi connectivity index (χ3n) is 2.23. The van der Waals surface area contributed by atoms with Crippen LogP contribution in [0.25, 0.3) is 9.40 Å². The minimum atomic E-state index is 0.716. The van der Waals surface area contributed by atoms with Gasteiger partial charge in [-0.25, -0.2) is 0 Å². The van der Waals surface area contributed by atoms with E-state index in [0.29, 0.717) is 4.58 Å². The summed E-state index contributed by atoms with van der Waals surface area (Å²) in [6, 6.07) is 4.62. The van der Waals surface area contributed by atoms with E-state index < -0.39 is 0 Å². The van der Waals surface area contributed by atoms with E-state index in [9.17, 15) is 0 Å². The van der Waals surface area contributed by atoms with Gasteiger partial charge in [0.1, 0.15) is 0 Å². The van der Waals surface area contributed by atoms with E-state index >= 15 is 0 Å². The van der Waals surface area contributed by atoms with E-state index in [0.717, 1.165) is 0 Å². The second kappa shape index (κ2) is 4.08. The Morgan fingerprint density at radius 3 is 2.86 bits per heavy atom. The molecule has 3 rings (SSSR count). The molecule has 0 atom stereocenters. The Morgan fingerprint density at radius 2 is 2.07 bits per heavy atom. The van der Waals surface area contributed by atoms with Gasteiger partial charge in [-0.2, -0.15) is 0 Å². The summed E-state index contributed by atoms with van der Waals surface area (Å²) < 4.78 is 2.21. The number of rotatable bonds is 1. The molecule has 4 heteroatoms. The highest BCUT2D eigenvalue weighted by Gasteiger charge is 2.18. The molecule has 0 aliphatic carbocycles. The normalized spacial score (nSPS) is 19.1. The van der Waals surface area contributed by atoms with Gasteiger partial charge in [0, 0.05) is 10.3 Å². The monoisotopic (exact) mass is 258 g/mol. The summed E-state index contributed by atoms with van der Waals surface area (Å²) in [4.78, 5) is 1.57. The average Bonchev–Trinajstić information content (AvgIpc) is 2.78. The summed E-state index contributed by atoms with van der Waals surface area (Å²) in [5.41, 5.74) is 0. The van der Waals surface area contributed by atoms with Crippen LogP contribution in [-0.2, 0) is 0 Å². The van der Waals surface area contributed by atoms with Gasteiger partial charge in [-0.3, -0.25) is 0 Å². The Hall–Kier alpha value is 0.360. The Labute approximate surface area is 100 Å². The van der Waals surface area contributed by atoms with Gasteiger partial charge >= 0.3 is 0 Å². The molecule has 0 saturated carbocycles. The Bertz CT molecular complexity index is 393. The molecule has 1 aliphatic heterocycles. The molecule has 0 N–H and O–H groups in total. The molecule has 1 saturated heterocycles. The van der Waals surface area contributed by atoms with Crippen LogP contribution >= 0.6 is 46.2 Å². The van der Waals surface area contributed by atoms with Crippen LogP contribution in [0.15, 0.2) is 17.5 Å². The van der Waals surface area contributed by atoms with E-state index in [4.69, 9.17) is 0 Å². The number of thiophene rings is 2. The number of hydrogen-bond donors (Lipinski definition) is 0. The first-order valence-corrected chi connectivity index (χ1v) is 8.43. The van der Waals surface area contributed by atoms with Gasteiger partial charge in [-0.15, -0.1) is 46.2 Å². The number of thioether (sulfide) groups is 2. The molecule has 0 amide bonds.